The van der Waals surface area contributed by atoms with Gasteiger partial charge in [0.15, 0.2) is 32.7 Å². The number of allylic oxidation sites excluding steroid dienone is 2. The van der Waals surface area contributed by atoms with E-state index in [4.69, 9.17) is 37.4 Å². The number of ether oxygens (including phenoxy) is 3. The predicted octanol–water partition coefficient (Wildman–Crippen LogP) is 1.65. The molecule has 15 nitrogen and oxygen atoms in total. The first kappa shape index (κ1) is 33.5. The molecule has 0 spiro atoms. The van der Waals surface area contributed by atoms with Crippen LogP contribution in [-0.2, 0) is 36.1 Å². The molecule has 2 amide bonds. The molecule has 17 heteroatoms. The quantitative estimate of drug-likeness (QED) is 0.168. The number of hydrogen-bond acceptors (Lipinski definition) is 10. The number of phenols is 1. The summed E-state index contributed by atoms with van der Waals surface area (Å²) < 4.78 is 20.8. The second-order valence-electron chi connectivity index (χ2n) is 12.5. The van der Waals surface area contributed by atoms with E-state index in [1.165, 1.54) is 54.4 Å². The van der Waals surface area contributed by atoms with E-state index in [0.29, 0.717) is 33.7 Å². The molecule has 3 aliphatic rings. The highest BCUT2D eigenvalue weighted by Gasteiger charge is 2.74. The number of rotatable bonds is 7. The fraction of sp³-hybridized carbons (Fsp3) is 0.394. The van der Waals surface area contributed by atoms with Gasteiger partial charge < -0.3 is 23.9 Å². The van der Waals surface area contributed by atoms with E-state index >= 15 is 0 Å². The minimum absolute atomic E-state index is 0.0587. The van der Waals surface area contributed by atoms with E-state index < -0.39 is 50.5 Å². The molecule has 0 radical (unpaired) electrons. The Hall–Kier alpha value is -5.02. The summed E-state index contributed by atoms with van der Waals surface area (Å²) in [5.74, 6) is -1.80. The number of imide groups is 1. The van der Waals surface area contributed by atoms with Gasteiger partial charge in [0, 0.05) is 51.5 Å². The van der Waals surface area contributed by atoms with Crippen LogP contribution in [0.3, 0.4) is 0 Å². The second-order valence-corrected chi connectivity index (χ2v) is 13.7. The Morgan fingerprint density at radius 2 is 1.60 bits per heavy atom. The molecule has 2 aromatic carbocycles. The van der Waals surface area contributed by atoms with E-state index in [1.54, 1.807) is 31.3 Å². The SMILES string of the molecule is COc1ccc(C2C3=CCn4c(=O)n(CCc5nc6cc(OC)c(OC)cc6n(C)c5=O)c(=O)n4C3CC3(Cl)C(=O)N(C)C(=O)C23Cl)cc1O. The van der Waals surface area contributed by atoms with Crippen molar-refractivity contribution in [1.82, 2.24) is 28.4 Å². The highest BCUT2D eigenvalue weighted by molar-refractivity contribution is 6.53. The minimum Gasteiger partial charge on any atom is -0.504 e. The maximum Gasteiger partial charge on any atom is 0.347 e. The maximum absolute atomic E-state index is 14.1. The van der Waals surface area contributed by atoms with Crippen LogP contribution < -0.4 is 31.1 Å². The van der Waals surface area contributed by atoms with Gasteiger partial charge in [-0.15, -0.1) is 23.2 Å². The topological polar surface area (TPSA) is 169 Å². The highest BCUT2D eigenvalue weighted by atomic mass is 35.5. The number of fused-ring (bicyclic) bond motifs is 5. The molecule has 1 saturated heterocycles. The van der Waals surface area contributed by atoms with Crippen LogP contribution in [0.15, 0.2) is 56.4 Å². The second kappa shape index (κ2) is 11.5. The number of aromatic hydroxyl groups is 1. The first-order valence-corrected chi connectivity index (χ1v) is 16.3. The zero-order valence-electron chi connectivity index (χ0n) is 27.6. The van der Waals surface area contributed by atoms with Gasteiger partial charge in [-0.2, -0.15) is 0 Å². The average Bonchev–Trinajstić information content (AvgIpc) is 3.42. The van der Waals surface area contributed by atoms with Crippen LogP contribution in [0.25, 0.3) is 11.0 Å². The van der Waals surface area contributed by atoms with Gasteiger partial charge in [-0.05, 0) is 23.3 Å². The molecule has 0 bridgehead atoms. The van der Waals surface area contributed by atoms with Gasteiger partial charge in [0.1, 0.15) is 5.69 Å². The number of amides is 2. The fourth-order valence-corrected chi connectivity index (χ4v) is 8.60. The van der Waals surface area contributed by atoms with Gasteiger partial charge in [0.05, 0.1) is 44.9 Å². The highest BCUT2D eigenvalue weighted by Crippen LogP contribution is 2.63. The van der Waals surface area contributed by atoms with Gasteiger partial charge in [0.25, 0.3) is 17.4 Å². The molecule has 4 aromatic rings. The van der Waals surface area contributed by atoms with Crippen molar-refractivity contribution in [2.75, 3.05) is 28.4 Å². The molecule has 50 heavy (non-hydrogen) atoms. The molecule has 4 atom stereocenters. The Bertz CT molecular complexity index is 2360. The number of benzene rings is 2. The maximum atomic E-state index is 14.1. The monoisotopic (exact) mass is 726 g/mol. The van der Waals surface area contributed by atoms with E-state index in [1.807, 2.05) is 0 Å². The number of hydrogen-bond donors (Lipinski definition) is 1. The smallest absolute Gasteiger partial charge is 0.347 e. The van der Waals surface area contributed by atoms with Crippen LogP contribution in [0, 0.1) is 0 Å². The van der Waals surface area contributed by atoms with Gasteiger partial charge >= 0.3 is 11.4 Å². The van der Waals surface area contributed by atoms with Crippen molar-refractivity contribution in [3.05, 3.63) is 84.6 Å². The zero-order valence-corrected chi connectivity index (χ0v) is 29.1. The van der Waals surface area contributed by atoms with Crippen LogP contribution in [0.5, 0.6) is 23.0 Å². The van der Waals surface area contributed by atoms with E-state index in [2.05, 4.69) is 4.98 Å². The Morgan fingerprint density at radius 1 is 0.920 bits per heavy atom. The normalized spacial score (nSPS) is 24.1. The number of alkyl halides is 2. The molecule has 1 N–H and O–H groups in total. The predicted molar refractivity (Wildman–Crippen MR) is 181 cm³/mol. The average molecular weight is 728 g/mol. The first-order valence-electron chi connectivity index (χ1n) is 15.5. The minimum atomic E-state index is -2.02. The molecule has 2 fully saturated rings. The van der Waals surface area contributed by atoms with Gasteiger partial charge in [-0.25, -0.2) is 28.5 Å². The fourth-order valence-electron chi connectivity index (χ4n) is 7.60. The van der Waals surface area contributed by atoms with Crippen molar-refractivity contribution in [1.29, 1.82) is 0 Å². The Balaban J connectivity index is 1.31. The lowest BCUT2D eigenvalue weighted by atomic mass is 9.64. The summed E-state index contributed by atoms with van der Waals surface area (Å²) >= 11 is 14.3. The van der Waals surface area contributed by atoms with Crippen LogP contribution in [0.1, 0.15) is 29.6 Å². The van der Waals surface area contributed by atoms with Gasteiger partial charge in [-0.3, -0.25) is 19.3 Å². The summed E-state index contributed by atoms with van der Waals surface area (Å²) in [6.07, 6.45) is 1.36. The number of methoxy groups -OCH3 is 3. The van der Waals surface area contributed by atoms with Crippen LogP contribution in [0.2, 0.25) is 0 Å². The molecular weight excluding hydrogens is 695 g/mol. The molecular formula is C33H32Cl2N6O9. The van der Waals surface area contributed by atoms with E-state index in [-0.39, 0.29) is 43.1 Å². The largest absolute Gasteiger partial charge is 0.504 e. The number of aryl methyl sites for hydroxylation is 2. The summed E-state index contributed by atoms with van der Waals surface area (Å²) in [5.41, 5.74) is 0.123. The molecule has 2 aromatic heterocycles. The summed E-state index contributed by atoms with van der Waals surface area (Å²) in [7, 11) is 7.22. The number of carbonyl (C=O) groups is 2. The van der Waals surface area contributed by atoms with Crippen molar-refractivity contribution in [3.8, 4) is 23.0 Å². The van der Waals surface area contributed by atoms with Crippen LogP contribution in [0.4, 0.5) is 0 Å². The van der Waals surface area contributed by atoms with Gasteiger partial charge in [0.2, 0.25) is 0 Å². The molecule has 4 unspecified atom stereocenters. The third-order valence-electron chi connectivity index (χ3n) is 10.1. The number of nitrogens with zero attached hydrogens (tertiary/aromatic N) is 6. The lowest BCUT2D eigenvalue weighted by molar-refractivity contribution is -0.137. The van der Waals surface area contributed by atoms with Crippen molar-refractivity contribution in [2.45, 2.75) is 47.6 Å². The molecule has 4 heterocycles. The Labute approximate surface area is 293 Å². The van der Waals surface area contributed by atoms with Crippen molar-refractivity contribution < 1.29 is 28.9 Å². The van der Waals surface area contributed by atoms with Crippen LogP contribution in [-0.4, -0.2) is 83.4 Å². The third kappa shape index (κ3) is 4.35. The number of halogens is 2. The molecule has 1 aliphatic carbocycles. The van der Waals surface area contributed by atoms with Crippen molar-refractivity contribution in [3.63, 3.8) is 0 Å². The number of carbonyl (C=O) groups excluding carboxylic acids is 2. The summed E-state index contributed by atoms with van der Waals surface area (Å²) in [6.45, 7) is -0.251. The van der Waals surface area contributed by atoms with E-state index in [9.17, 15) is 29.1 Å². The van der Waals surface area contributed by atoms with Crippen molar-refractivity contribution in [2.24, 2.45) is 7.05 Å². The summed E-state index contributed by atoms with van der Waals surface area (Å²) in [6, 6.07) is 6.77. The number of aromatic nitrogens is 5. The van der Waals surface area contributed by atoms with Crippen LogP contribution >= 0.6 is 23.2 Å². The molecule has 7 rings (SSSR count). The number of likely N-dealkylation sites (tertiary alicyclic amines) is 1. The lowest BCUT2D eigenvalue weighted by Crippen LogP contribution is -2.59. The zero-order chi connectivity index (χ0) is 36.0. The van der Waals surface area contributed by atoms with E-state index in [0.717, 1.165) is 9.47 Å². The molecule has 262 valence electrons. The molecule has 1 saturated carbocycles. The standard InChI is InChI=1S/C33H32Cl2N6O9/c1-37-20-14-25(50-5)24(49-4)13-19(20)36-18(27(37)43)9-10-39-30(46)40-11-8-17-21(41(40)31(39)47)15-32(34)28(44)38(2)29(45)33(32,35)26(17)16-6-7-23(48-3)22(42)12-16/h6-8,12-14,21,26,42H,9-11,15H2,1-5H3. The Kier molecular flexibility index (Phi) is 7.71. The summed E-state index contributed by atoms with van der Waals surface area (Å²) in [5, 5.41) is 10.7. The first-order chi connectivity index (χ1) is 23.7. The number of phenolic OH excluding ortho intramolecular Hbond substituents is 1. The molecule has 2 aliphatic heterocycles. The summed E-state index contributed by atoms with van der Waals surface area (Å²) in [4.78, 5) is 70.0. The van der Waals surface area contributed by atoms with Gasteiger partial charge in [-0.1, -0.05) is 12.1 Å². The van der Waals surface area contributed by atoms with Crippen molar-refractivity contribution >= 4 is 46.0 Å². The lowest BCUT2D eigenvalue weighted by Gasteiger charge is -2.49. The third-order valence-corrected chi connectivity index (χ3v) is 11.5. The Morgan fingerprint density at radius 3 is 2.26 bits per heavy atom.